The second-order valence-corrected chi connectivity index (χ2v) is 5.77. The monoisotopic (exact) mass is 304 g/mol. The lowest BCUT2D eigenvalue weighted by Crippen LogP contribution is -2.43. The van der Waals surface area contributed by atoms with Crippen LogP contribution in [0.5, 0.6) is 0 Å². The van der Waals surface area contributed by atoms with Crippen molar-refractivity contribution in [1.82, 2.24) is 4.72 Å². The van der Waals surface area contributed by atoms with Gasteiger partial charge in [0.2, 0.25) is 15.9 Å². The molecule has 20 heavy (non-hydrogen) atoms. The molecule has 1 rings (SSSR count). The molecule has 0 aliphatic rings. The van der Waals surface area contributed by atoms with Gasteiger partial charge in [-0.1, -0.05) is 6.07 Å². The Kier molecular flexibility index (Phi) is 4.79. The van der Waals surface area contributed by atoms with Crippen LogP contribution in [0.4, 0.5) is 4.39 Å². The van der Waals surface area contributed by atoms with E-state index in [0.717, 1.165) is 12.1 Å². The zero-order valence-corrected chi connectivity index (χ0v) is 11.3. The summed E-state index contributed by atoms with van der Waals surface area (Å²) in [7, 11) is -4.28. The topological polar surface area (TPSA) is 127 Å². The molecule has 0 radical (unpaired) electrons. The first-order valence-corrected chi connectivity index (χ1v) is 6.91. The molecule has 0 saturated heterocycles. The molecule has 0 aliphatic heterocycles. The van der Waals surface area contributed by atoms with Crippen molar-refractivity contribution in [3.63, 3.8) is 0 Å². The Hall–Kier alpha value is -2.00. The van der Waals surface area contributed by atoms with Crippen molar-refractivity contribution >= 4 is 21.9 Å². The maximum atomic E-state index is 13.1. The summed E-state index contributed by atoms with van der Waals surface area (Å²) in [4.78, 5) is 21.2. The minimum Gasteiger partial charge on any atom is -0.480 e. The molecule has 1 unspecified atom stereocenters. The maximum absolute atomic E-state index is 13.1. The molecule has 0 heterocycles. The number of carbonyl (C=O) groups is 2. The van der Waals surface area contributed by atoms with Crippen LogP contribution in [0.25, 0.3) is 0 Å². The van der Waals surface area contributed by atoms with Crippen LogP contribution in [0.1, 0.15) is 12.0 Å². The number of aliphatic carboxylic acids is 1. The van der Waals surface area contributed by atoms with Crippen LogP contribution >= 0.6 is 0 Å². The number of benzene rings is 1. The minimum atomic E-state index is -4.28. The molecule has 0 fully saturated rings. The van der Waals surface area contributed by atoms with Crippen LogP contribution in [-0.4, -0.2) is 31.4 Å². The van der Waals surface area contributed by atoms with Gasteiger partial charge in [-0.05, 0) is 24.6 Å². The summed E-state index contributed by atoms with van der Waals surface area (Å²) in [6.45, 7) is 1.43. The van der Waals surface area contributed by atoms with Gasteiger partial charge in [-0.15, -0.1) is 0 Å². The Morgan fingerprint density at radius 1 is 1.45 bits per heavy atom. The normalized spacial score (nSPS) is 12.9. The smallest absolute Gasteiger partial charge is 0.322 e. The van der Waals surface area contributed by atoms with Crippen molar-refractivity contribution < 1.29 is 27.5 Å². The van der Waals surface area contributed by atoms with Crippen LogP contribution in [-0.2, 0) is 19.6 Å². The quantitative estimate of drug-likeness (QED) is 0.667. The van der Waals surface area contributed by atoms with Crippen molar-refractivity contribution in [2.45, 2.75) is 24.3 Å². The predicted molar refractivity (Wildman–Crippen MR) is 66.7 cm³/mol. The van der Waals surface area contributed by atoms with E-state index in [2.05, 4.69) is 0 Å². The number of rotatable bonds is 6. The number of halogens is 1. The highest BCUT2D eigenvalue weighted by Gasteiger charge is 2.28. The van der Waals surface area contributed by atoms with Crippen LogP contribution in [0, 0.1) is 12.7 Å². The van der Waals surface area contributed by atoms with Gasteiger partial charge in [0.15, 0.2) is 0 Å². The fourth-order valence-corrected chi connectivity index (χ4v) is 2.94. The molecule has 0 spiro atoms. The highest BCUT2D eigenvalue weighted by atomic mass is 32.2. The molecule has 0 aromatic heterocycles. The van der Waals surface area contributed by atoms with Crippen molar-refractivity contribution in [2.24, 2.45) is 5.73 Å². The molecule has 9 heteroatoms. The summed E-state index contributed by atoms with van der Waals surface area (Å²) in [5.41, 5.74) is 5.08. The van der Waals surface area contributed by atoms with Gasteiger partial charge < -0.3 is 10.8 Å². The van der Waals surface area contributed by atoms with Gasteiger partial charge in [-0.2, -0.15) is 4.72 Å². The number of carboxylic acid groups (broad SMARTS) is 1. The van der Waals surface area contributed by atoms with Crippen LogP contribution in [0.3, 0.4) is 0 Å². The number of carbonyl (C=O) groups excluding carboxylic acids is 1. The van der Waals surface area contributed by atoms with E-state index >= 15 is 0 Å². The first-order chi connectivity index (χ1) is 9.13. The third-order valence-electron chi connectivity index (χ3n) is 2.44. The molecule has 1 amide bonds. The SMILES string of the molecule is Cc1ccc(F)cc1S(=O)(=O)NC(CC(N)=O)C(=O)O. The van der Waals surface area contributed by atoms with E-state index in [1.165, 1.54) is 13.0 Å². The van der Waals surface area contributed by atoms with Gasteiger partial charge in [0.05, 0.1) is 11.3 Å². The average Bonchev–Trinajstić information content (AvgIpc) is 2.30. The van der Waals surface area contributed by atoms with E-state index < -0.39 is 45.1 Å². The second-order valence-electron chi connectivity index (χ2n) is 4.09. The molecule has 1 aromatic rings. The number of amides is 1. The maximum Gasteiger partial charge on any atom is 0.322 e. The van der Waals surface area contributed by atoms with Crippen molar-refractivity contribution in [2.75, 3.05) is 0 Å². The van der Waals surface area contributed by atoms with Gasteiger partial charge in [0.25, 0.3) is 0 Å². The number of primary amides is 1. The second kappa shape index (κ2) is 5.97. The fourth-order valence-electron chi connectivity index (χ4n) is 1.49. The highest BCUT2D eigenvalue weighted by Crippen LogP contribution is 2.17. The molecule has 7 nitrogen and oxygen atoms in total. The van der Waals surface area contributed by atoms with E-state index in [0.29, 0.717) is 0 Å². The van der Waals surface area contributed by atoms with Crippen LogP contribution in [0.2, 0.25) is 0 Å². The fraction of sp³-hybridized carbons (Fsp3) is 0.273. The number of nitrogens with one attached hydrogen (secondary N) is 1. The lowest BCUT2D eigenvalue weighted by Gasteiger charge is -2.14. The summed E-state index contributed by atoms with van der Waals surface area (Å²) in [5.74, 6) is -3.31. The number of nitrogens with two attached hydrogens (primary N) is 1. The minimum absolute atomic E-state index is 0.238. The Labute approximate surface area is 114 Å². The predicted octanol–water partition coefficient (Wildman–Crippen LogP) is -0.259. The molecule has 110 valence electrons. The average molecular weight is 304 g/mol. The van der Waals surface area contributed by atoms with Gasteiger partial charge in [0.1, 0.15) is 11.9 Å². The number of hydrogen-bond donors (Lipinski definition) is 3. The number of sulfonamides is 1. The lowest BCUT2D eigenvalue weighted by molar-refractivity contribution is -0.140. The summed E-state index contributed by atoms with van der Waals surface area (Å²) in [5, 5.41) is 8.85. The molecule has 1 aromatic carbocycles. The molecular formula is C11H13FN2O5S. The number of aryl methyl sites for hydroxylation is 1. The summed E-state index contributed by atoms with van der Waals surface area (Å²) < 4.78 is 38.9. The van der Waals surface area contributed by atoms with Gasteiger partial charge >= 0.3 is 5.97 Å². The molecule has 0 bridgehead atoms. The highest BCUT2D eigenvalue weighted by molar-refractivity contribution is 7.89. The van der Waals surface area contributed by atoms with E-state index in [9.17, 15) is 22.4 Å². The summed E-state index contributed by atoms with van der Waals surface area (Å²) in [6.07, 6.45) is -0.705. The van der Waals surface area contributed by atoms with Crippen molar-refractivity contribution in [3.8, 4) is 0 Å². The standard InChI is InChI=1S/C11H13FN2O5S/c1-6-2-3-7(12)4-9(6)20(18,19)14-8(11(16)17)5-10(13)15/h2-4,8,14H,5H2,1H3,(H2,13,15)(H,16,17). The molecule has 0 aliphatic carbocycles. The van der Waals surface area contributed by atoms with E-state index in [4.69, 9.17) is 10.8 Å². The van der Waals surface area contributed by atoms with Crippen molar-refractivity contribution in [1.29, 1.82) is 0 Å². The Morgan fingerprint density at radius 2 is 2.05 bits per heavy atom. The molecule has 4 N–H and O–H groups in total. The third-order valence-corrected chi connectivity index (χ3v) is 4.05. The molecular weight excluding hydrogens is 291 g/mol. The Morgan fingerprint density at radius 3 is 2.55 bits per heavy atom. The zero-order valence-electron chi connectivity index (χ0n) is 10.5. The summed E-state index contributed by atoms with van der Waals surface area (Å²) >= 11 is 0. The first-order valence-electron chi connectivity index (χ1n) is 5.43. The van der Waals surface area contributed by atoms with E-state index in [1.54, 1.807) is 0 Å². The zero-order chi connectivity index (χ0) is 15.5. The first kappa shape index (κ1) is 16.1. The van der Waals surface area contributed by atoms with E-state index in [1.807, 2.05) is 4.72 Å². The Balaban J connectivity index is 3.12. The van der Waals surface area contributed by atoms with Gasteiger partial charge in [0, 0.05) is 0 Å². The summed E-state index contributed by atoms with van der Waals surface area (Å²) in [6, 6.07) is 1.38. The number of carboxylic acids is 1. The lowest BCUT2D eigenvalue weighted by atomic mass is 10.2. The third kappa shape index (κ3) is 4.00. The van der Waals surface area contributed by atoms with E-state index in [-0.39, 0.29) is 5.56 Å². The number of hydrogen-bond acceptors (Lipinski definition) is 4. The van der Waals surface area contributed by atoms with Gasteiger partial charge in [-0.25, -0.2) is 12.8 Å². The molecule has 0 saturated carbocycles. The van der Waals surface area contributed by atoms with Crippen LogP contribution in [0.15, 0.2) is 23.1 Å². The van der Waals surface area contributed by atoms with Crippen molar-refractivity contribution in [3.05, 3.63) is 29.6 Å². The molecule has 1 atom stereocenters. The Bertz CT molecular complexity index is 644. The van der Waals surface area contributed by atoms with Crippen LogP contribution < -0.4 is 10.5 Å². The van der Waals surface area contributed by atoms with Gasteiger partial charge in [-0.3, -0.25) is 9.59 Å². The largest absolute Gasteiger partial charge is 0.480 e.